The summed E-state index contributed by atoms with van der Waals surface area (Å²) in [5.74, 6) is 0.975. The molecule has 0 aliphatic carbocycles. The number of aliphatic imine (C=N–C) groups is 1. The molecule has 0 spiro atoms. The van der Waals surface area contributed by atoms with Crippen molar-refractivity contribution in [3.05, 3.63) is 42.2 Å². The Bertz CT molecular complexity index is 814. The van der Waals surface area contributed by atoms with E-state index in [1.54, 1.807) is 12.1 Å². The maximum Gasteiger partial charge on any atom is 0.387 e. The lowest BCUT2D eigenvalue weighted by molar-refractivity contribution is -0.0498. The number of nitrogens with zero attached hydrogens (tertiary/aromatic N) is 4. The SMILES string of the molecule is CCNC(=NCCn1cc(C)cn1)NC1CCCN(c2ccc(OC(F)F)cc2)C1.I. The predicted molar refractivity (Wildman–Crippen MR) is 130 cm³/mol. The first-order valence-electron chi connectivity index (χ1n) is 10.4. The van der Waals surface area contributed by atoms with Crippen molar-refractivity contribution in [3.63, 3.8) is 0 Å². The van der Waals surface area contributed by atoms with E-state index in [2.05, 4.69) is 30.4 Å². The standard InChI is InChI=1S/C21H30F2N6O.HI/c1-3-24-21(25-10-12-29-14-16(2)13-26-29)27-17-5-4-11-28(15-17)18-6-8-19(9-7-18)30-20(22)23;/h6-9,13-14,17,20H,3-5,10-12,15H2,1-2H3,(H2,24,25,27);1H. The van der Waals surface area contributed by atoms with Crippen LogP contribution in [0.5, 0.6) is 5.75 Å². The zero-order valence-corrected chi connectivity index (χ0v) is 20.3. The van der Waals surface area contributed by atoms with Crippen molar-refractivity contribution in [1.29, 1.82) is 0 Å². The number of rotatable bonds is 8. The van der Waals surface area contributed by atoms with Crippen LogP contribution in [0.25, 0.3) is 0 Å². The van der Waals surface area contributed by atoms with Crippen molar-refractivity contribution < 1.29 is 13.5 Å². The van der Waals surface area contributed by atoms with Crippen LogP contribution in [0.4, 0.5) is 14.5 Å². The summed E-state index contributed by atoms with van der Waals surface area (Å²) in [6.45, 7) is 5.16. The second-order valence-corrected chi connectivity index (χ2v) is 7.34. The first kappa shape index (κ1) is 25.2. The summed E-state index contributed by atoms with van der Waals surface area (Å²) in [5, 5.41) is 11.1. The molecule has 0 amide bonds. The lowest BCUT2D eigenvalue weighted by Gasteiger charge is -2.35. The molecule has 1 saturated heterocycles. The average molecular weight is 548 g/mol. The summed E-state index contributed by atoms with van der Waals surface area (Å²) >= 11 is 0. The number of aryl methyl sites for hydroxylation is 1. The second kappa shape index (κ2) is 12.7. The highest BCUT2D eigenvalue weighted by atomic mass is 127. The molecule has 2 N–H and O–H groups in total. The number of alkyl halides is 2. The number of guanidine groups is 1. The fraction of sp³-hybridized carbons (Fsp3) is 0.524. The molecule has 7 nitrogen and oxygen atoms in total. The Morgan fingerprint density at radius 3 is 2.74 bits per heavy atom. The predicted octanol–water partition coefficient (Wildman–Crippen LogP) is 3.64. The van der Waals surface area contributed by atoms with Crippen molar-refractivity contribution in [2.75, 3.05) is 31.1 Å². The molecule has 1 aliphatic rings. The summed E-state index contributed by atoms with van der Waals surface area (Å²) in [7, 11) is 0. The van der Waals surface area contributed by atoms with Gasteiger partial charge in [0.1, 0.15) is 5.75 Å². The summed E-state index contributed by atoms with van der Waals surface area (Å²) in [5.41, 5.74) is 2.14. The highest BCUT2D eigenvalue weighted by molar-refractivity contribution is 14.0. The quantitative estimate of drug-likeness (QED) is 0.300. The van der Waals surface area contributed by atoms with Gasteiger partial charge in [-0.05, 0) is 56.5 Å². The molecule has 31 heavy (non-hydrogen) atoms. The highest BCUT2D eigenvalue weighted by Crippen LogP contribution is 2.23. The molecular weight excluding hydrogens is 517 g/mol. The minimum atomic E-state index is -2.81. The van der Waals surface area contributed by atoms with Crippen LogP contribution >= 0.6 is 24.0 Å². The van der Waals surface area contributed by atoms with Gasteiger partial charge in [-0.1, -0.05) is 0 Å². The highest BCUT2D eigenvalue weighted by Gasteiger charge is 2.21. The van der Waals surface area contributed by atoms with E-state index in [1.807, 2.05) is 43.1 Å². The zero-order valence-electron chi connectivity index (χ0n) is 17.9. The molecule has 0 bridgehead atoms. The normalized spacial score (nSPS) is 16.7. The van der Waals surface area contributed by atoms with Crippen molar-refractivity contribution >= 4 is 35.6 Å². The summed E-state index contributed by atoms with van der Waals surface area (Å²) in [6, 6.07) is 7.07. The van der Waals surface area contributed by atoms with Gasteiger partial charge in [0, 0.05) is 37.6 Å². The second-order valence-electron chi connectivity index (χ2n) is 7.34. The maximum absolute atomic E-state index is 12.3. The lowest BCUT2D eigenvalue weighted by atomic mass is 10.0. The van der Waals surface area contributed by atoms with Gasteiger partial charge in [-0.15, -0.1) is 24.0 Å². The fourth-order valence-corrected chi connectivity index (χ4v) is 3.53. The van der Waals surface area contributed by atoms with E-state index in [0.717, 1.165) is 56.2 Å². The van der Waals surface area contributed by atoms with Crippen LogP contribution in [0.1, 0.15) is 25.3 Å². The number of hydrogen-bond acceptors (Lipinski definition) is 4. The molecule has 2 aromatic rings. The number of halogens is 3. The first-order chi connectivity index (χ1) is 14.5. The van der Waals surface area contributed by atoms with Gasteiger partial charge in [-0.3, -0.25) is 9.67 Å². The molecule has 1 aromatic heterocycles. The Hall–Kier alpha value is -2.11. The molecule has 3 rings (SSSR count). The third kappa shape index (κ3) is 8.15. The van der Waals surface area contributed by atoms with Crippen molar-refractivity contribution in [2.24, 2.45) is 4.99 Å². The van der Waals surface area contributed by atoms with Crippen LogP contribution < -0.4 is 20.3 Å². The Morgan fingerprint density at radius 2 is 2.10 bits per heavy atom. The van der Waals surface area contributed by atoms with Gasteiger partial charge in [0.2, 0.25) is 0 Å². The maximum atomic E-state index is 12.3. The van der Waals surface area contributed by atoms with E-state index in [9.17, 15) is 8.78 Å². The Labute approximate surface area is 199 Å². The molecule has 1 unspecified atom stereocenters. The van der Waals surface area contributed by atoms with Crippen LogP contribution in [-0.2, 0) is 6.54 Å². The Balaban J connectivity index is 0.00000341. The number of benzene rings is 1. The van der Waals surface area contributed by atoms with E-state index in [1.165, 1.54) is 0 Å². The smallest absolute Gasteiger partial charge is 0.387 e. The Morgan fingerprint density at radius 1 is 1.32 bits per heavy atom. The molecule has 1 aromatic carbocycles. The largest absolute Gasteiger partial charge is 0.435 e. The van der Waals surface area contributed by atoms with Crippen LogP contribution in [0, 0.1) is 6.92 Å². The molecule has 1 fully saturated rings. The van der Waals surface area contributed by atoms with E-state index >= 15 is 0 Å². The van der Waals surface area contributed by atoms with Crippen LogP contribution in [-0.4, -0.2) is 54.6 Å². The van der Waals surface area contributed by atoms with Gasteiger partial charge in [0.25, 0.3) is 0 Å². The molecule has 0 saturated carbocycles. The van der Waals surface area contributed by atoms with Gasteiger partial charge in [-0.25, -0.2) is 0 Å². The topological polar surface area (TPSA) is 66.7 Å². The van der Waals surface area contributed by atoms with Gasteiger partial charge in [0.15, 0.2) is 5.96 Å². The first-order valence-corrected chi connectivity index (χ1v) is 10.4. The van der Waals surface area contributed by atoms with E-state index in [0.29, 0.717) is 6.54 Å². The lowest BCUT2D eigenvalue weighted by Crippen LogP contribution is -2.51. The van der Waals surface area contributed by atoms with Crippen LogP contribution in [0.3, 0.4) is 0 Å². The average Bonchev–Trinajstić information content (AvgIpc) is 3.13. The molecule has 1 atom stereocenters. The number of aromatic nitrogens is 2. The van der Waals surface area contributed by atoms with E-state index in [-0.39, 0.29) is 35.8 Å². The number of hydrogen-bond donors (Lipinski definition) is 2. The van der Waals surface area contributed by atoms with Crippen LogP contribution in [0.2, 0.25) is 0 Å². The minimum absolute atomic E-state index is 0. The van der Waals surface area contributed by atoms with Crippen molar-refractivity contribution in [2.45, 2.75) is 45.9 Å². The summed E-state index contributed by atoms with van der Waals surface area (Å²) < 4.78 is 31.0. The number of ether oxygens (including phenoxy) is 1. The molecule has 1 aliphatic heterocycles. The molecule has 172 valence electrons. The van der Waals surface area contributed by atoms with Crippen molar-refractivity contribution in [3.8, 4) is 5.75 Å². The number of anilines is 1. The van der Waals surface area contributed by atoms with Gasteiger partial charge in [0.05, 0.1) is 19.3 Å². The molecule has 2 heterocycles. The molecule has 0 radical (unpaired) electrons. The van der Waals surface area contributed by atoms with Gasteiger partial charge < -0.3 is 20.3 Å². The monoisotopic (exact) mass is 548 g/mol. The molecular formula is C21H31F2IN6O. The summed E-state index contributed by atoms with van der Waals surface area (Å²) in [6.07, 6.45) is 5.94. The Kier molecular flexibility index (Phi) is 10.3. The summed E-state index contributed by atoms with van der Waals surface area (Å²) in [4.78, 5) is 6.93. The number of nitrogens with one attached hydrogen (secondary N) is 2. The van der Waals surface area contributed by atoms with Gasteiger partial charge >= 0.3 is 6.61 Å². The third-order valence-electron chi connectivity index (χ3n) is 4.89. The fourth-order valence-electron chi connectivity index (χ4n) is 3.53. The number of piperidine rings is 1. The minimum Gasteiger partial charge on any atom is -0.435 e. The zero-order chi connectivity index (χ0) is 21.3. The third-order valence-corrected chi connectivity index (χ3v) is 4.89. The van der Waals surface area contributed by atoms with Crippen LogP contribution in [0.15, 0.2) is 41.7 Å². The van der Waals surface area contributed by atoms with E-state index < -0.39 is 6.61 Å². The van der Waals surface area contributed by atoms with Crippen molar-refractivity contribution in [1.82, 2.24) is 20.4 Å². The van der Waals surface area contributed by atoms with E-state index in [4.69, 9.17) is 0 Å². The van der Waals surface area contributed by atoms with Gasteiger partial charge in [-0.2, -0.15) is 13.9 Å². The molecule has 10 heteroatoms.